The number of hydrogen-bond donors (Lipinski definition) is 8. The molecule has 0 radical (unpaired) electrons. The summed E-state index contributed by atoms with van der Waals surface area (Å²) in [6.07, 6.45) is 6.61. The van der Waals surface area contributed by atoms with Gasteiger partial charge in [0, 0.05) is 24.2 Å². The first kappa shape index (κ1) is 29.0. The summed E-state index contributed by atoms with van der Waals surface area (Å²) in [5, 5.41) is 64.7. The van der Waals surface area contributed by atoms with Crippen LogP contribution >= 0.6 is 0 Å². The van der Waals surface area contributed by atoms with Gasteiger partial charge in [-0.15, -0.1) is 0 Å². The maximum Gasteiger partial charge on any atom is 0.121 e. The van der Waals surface area contributed by atoms with Crippen molar-refractivity contribution in [1.82, 2.24) is 10.6 Å². The van der Waals surface area contributed by atoms with Crippen molar-refractivity contribution in [2.75, 3.05) is 26.2 Å². The summed E-state index contributed by atoms with van der Waals surface area (Å²) >= 11 is 0. The van der Waals surface area contributed by atoms with Crippen molar-refractivity contribution in [3.05, 3.63) is 58.7 Å². The van der Waals surface area contributed by atoms with Gasteiger partial charge in [0.15, 0.2) is 0 Å². The maximum atomic E-state index is 10.2. The molecule has 8 heteroatoms. The number of hydrogen-bond acceptors (Lipinski definition) is 8. The van der Waals surface area contributed by atoms with Crippen molar-refractivity contribution in [2.45, 2.75) is 70.4 Å². The minimum Gasteiger partial charge on any atom is -0.508 e. The first-order chi connectivity index (χ1) is 17.0. The van der Waals surface area contributed by atoms with E-state index in [1.54, 1.807) is 24.3 Å². The van der Waals surface area contributed by atoms with Gasteiger partial charge in [0.05, 0.1) is 25.4 Å². The van der Waals surface area contributed by atoms with Crippen molar-refractivity contribution < 1.29 is 30.6 Å². The predicted octanol–water partition coefficient (Wildman–Crippen LogP) is 2.76. The fourth-order valence-electron chi connectivity index (χ4n) is 3.98. The topological polar surface area (TPSA) is 145 Å². The van der Waals surface area contributed by atoms with Crippen LogP contribution in [0, 0.1) is 0 Å². The molecule has 0 bridgehead atoms. The molecule has 0 saturated heterocycles. The van der Waals surface area contributed by atoms with E-state index in [-0.39, 0.29) is 24.7 Å². The lowest BCUT2D eigenvalue weighted by molar-refractivity contribution is 0.174. The number of aromatic hydroxyl groups is 2. The third-order valence-corrected chi connectivity index (χ3v) is 6.20. The molecule has 0 aliphatic rings. The lowest BCUT2D eigenvalue weighted by atomic mass is 10.0. The Morgan fingerprint density at radius 2 is 0.943 bits per heavy atom. The maximum absolute atomic E-state index is 10.2. The number of phenols is 2. The zero-order valence-electron chi connectivity index (χ0n) is 20.5. The van der Waals surface area contributed by atoms with E-state index in [4.69, 9.17) is 0 Å². The van der Waals surface area contributed by atoms with Gasteiger partial charge in [0.25, 0.3) is 0 Å². The Bertz CT molecular complexity index is 794. The monoisotopic (exact) mass is 490 g/mol. The fraction of sp³-hybridized carbons (Fsp3) is 0.556. The van der Waals surface area contributed by atoms with Gasteiger partial charge in [-0.25, -0.2) is 0 Å². The Balaban J connectivity index is 1.42. The molecule has 0 saturated carbocycles. The first-order valence-corrected chi connectivity index (χ1v) is 12.6. The van der Waals surface area contributed by atoms with Crippen molar-refractivity contribution in [3.8, 4) is 11.5 Å². The van der Waals surface area contributed by atoms with Gasteiger partial charge < -0.3 is 41.3 Å². The average molecular weight is 491 g/mol. The molecule has 8 N–H and O–H groups in total. The van der Waals surface area contributed by atoms with Crippen LogP contribution < -0.4 is 10.6 Å². The van der Waals surface area contributed by atoms with Gasteiger partial charge in [0.2, 0.25) is 0 Å². The molecule has 2 rings (SSSR count). The van der Waals surface area contributed by atoms with Crippen LogP contribution in [-0.2, 0) is 13.2 Å². The van der Waals surface area contributed by atoms with Crippen LogP contribution in [0.1, 0.15) is 79.4 Å². The third-order valence-electron chi connectivity index (χ3n) is 6.20. The Morgan fingerprint density at radius 1 is 0.571 bits per heavy atom. The number of aliphatic hydroxyl groups is 4. The average Bonchev–Trinajstić information content (AvgIpc) is 2.87. The summed E-state index contributed by atoms with van der Waals surface area (Å²) in [4.78, 5) is 0. The summed E-state index contributed by atoms with van der Waals surface area (Å²) < 4.78 is 0. The largest absolute Gasteiger partial charge is 0.508 e. The SMILES string of the molecule is OCc1cc(C(O)CNCCCCCCCCCNCC(O)c2ccc(O)c(CO)c2)ccc1O. The van der Waals surface area contributed by atoms with Gasteiger partial charge in [-0.1, -0.05) is 44.2 Å². The molecule has 0 aliphatic carbocycles. The highest BCUT2D eigenvalue weighted by molar-refractivity contribution is 5.37. The van der Waals surface area contributed by atoms with E-state index in [0.29, 0.717) is 35.3 Å². The molecular weight excluding hydrogens is 448 g/mol. The third kappa shape index (κ3) is 10.5. The van der Waals surface area contributed by atoms with Crippen molar-refractivity contribution in [2.24, 2.45) is 0 Å². The molecule has 0 aliphatic heterocycles. The van der Waals surface area contributed by atoms with Crippen molar-refractivity contribution in [3.63, 3.8) is 0 Å². The van der Waals surface area contributed by atoms with Gasteiger partial charge >= 0.3 is 0 Å². The molecule has 2 aromatic rings. The van der Waals surface area contributed by atoms with E-state index in [9.17, 15) is 30.6 Å². The van der Waals surface area contributed by atoms with E-state index in [1.807, 2.05) is 0 Å². The van der Waals surface area contributed by atoms with Crippen molar-refractivity contribution >= 4 is 0 Å². The summed E-state index contributed by atoms with van der Waals surface area (Å²) in [6.45, 7) is 2.05. The summed E-state index contributed by atoms with van der Waals surface area (Å²) in [6, 6.07) is 9.58. The van der Waals surface area contributed by atoms with Crippen LogP contribution in [0.15, 0.2) is 36.4 Å². The van der Waals surface area contributed by atoms with Gasteiger partial charge in [-0.05, 0) is 61.3 Å². The lowest BCUT2D eigenvalue weighted by Gasteiger charge is -2.14. The van der Waals surface area contributed by atoms with E-state index in [2.05, 4.69) is 10.6 Å². The highest BCUT2D eigenvalue weighted by Gasteiger charge is 2.11. The number of rotatable bonds is 18. The van der Waals surface area contributed by atoms with Gasteiger partial charge in [-0.3, -0.25) is 0 Å². The quantitative estimate of drug-likeness (QED) is 0.149. The number of benzene rings is 2. The van der Waals surface area contributed by atoms with Crippen molar-refractivity contribution in [1.29, 1.82) is 0 Å². The molecule has 2 atom stereocenters. The van der Waals surface area contributed by atoms with Gasteiger partial charge in [-0.2, -0.15) is 0 Å². The van der Waals surface area contributed by atoms with E-state index < -0.39 is 12.2 Å². The second kappa shape index (κ2) is 16.5. The molecule has 0 heterocycles. The van der Waals surface area contributed by atoms with E-state index in [0.717, 1.165) is 38.8 Å². The zero-order chi connectivity index (χ0) is 25.5. The number of aliphatic hydroxyl groups excluding tert-OH is 4. The lowest BCUT2D eigenvalue weighted by Crippen LogP contribution is -2.22. The molecule has 2 aromatic carbocycles. The summed E-state index contributed by atoms with van der Waals surface area (Å²) in [7, 11) is 0. The zero-order valence-corrected chi connectivity index (χ0v) is 20.5. The van der Waals surface area contributed by atoms with Crippen LogP contribution in [0.2, 0.25) is 0 Å². The highest BCUT2D eigenvalue weighted by Crippen LogP contribution is 2.23. The minimum absolute atomic E-state index is 0.0371. The van der Waals surface area contributed by atoms with Crippen LogP contribution in [0.5, 0.6) is 11.5 Å². The van der Waals surface area contributed by atoms with Crippen LogP contribution in [0.25, 0.3) is 0 Å². The number of unbranched alkanes of at least 4 members (excludes halogenated alkanes) is 6. The molecule has 2 unspecified atom stereocenters. The summed E-state index contributed by atoms with van der Waals surface area (Å²) in [5.74, 6) is 0.0742. The Morgan fingerprint density at radius 3 is 1.31 bits per heavy atom. The predicted molar refractivity (Wildman–Crippen MR) is 136 cm³/mol. The Labute approximate surface area is 208 Å². The Kier molecular flexibility index (Phi) is 13.7. The minimum atomic E-state index is -0.672. The fourth-order valence-corrected chi connectivity index (χ4v) is 3.98. The molecular formula is C27H42N2O6. The smallest absolute Gasteiger partial charge is 0.121 e. The molecule has 35 heavy (non-hydrogen) atoms. The molecule has 0 fully saturated rings. The highest BCUT2D eigenvalue weighted by atomic mass is 16.3. The van der Waals surface area contributed by atoms with Crippen LogP contribution in [0.3, 0.4) is 0 Å². The molecule has 0 spiro atoms. The van der Waals surface area contributed by atoms with Crippen LogP contribution in [0.4, 0.5) is 0 Å². The molecule has 0 aromatic heterocycles. The standard InChI is InChI=1S/C27H42N2O6/c30-18-22-14-20(8-10-24(22)32)26(34)16-28-12-6-4-2-1-3-5-7-13-29-17-27(35)21-9-11-25(33)23(15-21)19-31/h8-11,14-15,26-35H,1-7,12-13,16-19H2. The second-order valence-corrected chi connectivity index (χ2v) is 9.01. The number of nitrogens with one attached hydrogen (secondary N) is 2. The first-order valence-electron chi connectivity index (χ1n) is 12.6. The van der Waals surface area contributed by atoms with Crippen LogP contribution in [-0.4, -0.2) is 56.8 Å². The molecule has 0 amide bonds. The summed E-state index contributed by atoms with van der Waals surface area (Å²) in [5.41, 5.74) is 2.20. The van der Waals surface area contributed by atoms with E-state index >= 15 is 0 Å². The Hall–Kier alpha value is -2.20. The van der Waals surface area contributed by atoms with E-state index in [1.165, 1.54) is 31.4 Å². The molecule has 196 valence electrons. The normalized spacial score (nSPS) is 13.1. The van der Waals surface area contributed by atoms with Gasteiger partial charge in [0.1, 0.15) is 11.5 Å². The molecule has 8 nitrogen and oxygen atoms in total. The second-order valence-electron chi connectivity index (χ2n) is 9.01.